The van der Waals surface area contributed by atoms with E-state index < -0.39 is 11.8 Å². The molecule has 0 radical (unpaired) electrons. The summed E-state index contributed by atoms with van der Waals surface area (Å²) in [6, 6.07) is 13.3. The van der Waals surface area contributed by atoms with Gasteiger partial charge < -0.3 is 14.6 Å². The summed E-state index contributed by atoms with van der Waals surface area (Å²) in [5, 5.41) is 2.81. The van der Waals surface area contributed by atoms with Gasteiger partial charge in [0.1, 0.15) is 6.04 Å². The third-order valence-electron chi connectivity index (χ3n) is 4.36. The molecule has 3 aromatic rings. The zero-order valence-electron chi connectivity index (χ0n) is 15.4. The fourth-order valence-electron chi connectivity index (χ4n) is 2.83. The Balaban J connectivity index is 1.69. The van der Waals surface area contributed by atoms with E-state index in [1.165, 1.54) is 9.47 Å². The fraction of sp³-hybridized carbons (Fsp3) is 0.250. The Labute approximate surface area is 156 Å². The lowest BCUT2D eigenvalue weighted by Gasteiger charge is -2.14. The van der Waals surface area contributed by atoms with Gasteiger partial charge in [-0.1, -0.05) is 24.3 Å². The van der Waals surface area contributed by atoms with Crippen LogP contribution in [-0.2, 0) is 11.3 Å². The van der Waals surface area contributed by atoms with Gasteiger partial charge in [0.25, 0.3) is 5.91 Å². The molecule has 1 unspecified atom stereocenters. The number of carbonyl (C=O) groups is 2. The van der Waals surface area contributed by atoms with Crippen molar-refractivity contribution < 1.29 is 14.0 Å². The van der Waals surface area contributed by atoms with Crippen LogP contribution >= 0.6 is 0 Å². The van der Waals surface area contributed by atoms with Crippen LogP contribution in [-0.4, -0.2) is 35.4 Å². The second kappa shape index (κ2) is 7.49. The molecule has 0 aliphatic heterocycles. The van der Waals surface area contributed by atoms with Gasteiger partial charge >= 0.3 is 5.76 Å². The predicted molar refractivity (Wildman–Crippen MR) is 101 cm³/mol. The number of benzene rings is 2. The summed E-state index contributed by atoms with van der Waals surface area (Å²) in [5.74, 6) is -0.937. The van der Waals surface area contributed by atoms with Gasteiger partial charge in [0.2, 0.25) is 5.91 Å². The van der Waals surface area contributed by atoms with E-state index in [1.54, 1.807) is 69.6 Å². The van der Waals surface area contributed by atoms with Crippen LogP contribution in [0.4, 0.5) is 0 Å². The molecule has 2 amide bonds. The minimum absolute atomic E-state index is 0.0783. The summed E-state index contributed by atoms with van der Waals surface area (Å²) in [6.07, 6.45) is 0. The van der Waals surface area contributed by atoms with Gasteiger partial charge in [-0.2, -0.15) is 0 Å². The molecule has 1 heterocycles. The Hall–Kier alpha value is -3.35. The molecule has 1 atom stereocenters. The number of oxazole rings is 1. The van der Waals surface area contributed by atoms with Crippen LogP contribution in [0.1, 0.15) is 28.9 Å². The summed E-state index contributed by atoms with van der Waals surface area (Å²) in [7, 11) is 3.39. The van der Waals surface area contributed by atoms with Crippen molar-refractivity contribution in [1.29, 1.82) is 0 Å². The minimum Gasteiger partial charge on any atom is -0.408 e. The predicted octanol–water partition coefficient (Wildman–Crippen LogP) is 2.17. The Kier molecular flexibility index (Phi) is 5.12. The zero-order chi connectivity index (χ0) is 19.6. The van der Waals surface area contributed by atoms with Crippen molar-refractivity contribution in [2.75, 3.05) is 14.1 Å². The van der Waals surface area contributed by atoms with E-state index in [1.807, 2.05) is 0 Å². The number of nitrogens with zero attached hydrogens (tertiary/aromatic N) is 2. The lowest BCUT2D eigenvalue weighted by atomic mass is 10.1. The summed E-state index contributed by atoms with van der Waals surface area (Å²) in [4.78, 5) is 38.0. The normalized spacial score (nSPS) is 12.0. The maximum absolute atomic E-state index is 12.5. The van der Waals surface area contributed by atoms with E-state index in [0.717, 1.165) is 5.56 Å². The Morgan fingerprint density at radius 3 is 2.44 bits per heavy atom. The van der Waals surface area contributed by atoms with E-state index in [9.17, 15) is 14.4 Å². The van der Waals surface area contributed by atoms with Gasteiger partial charge in [0.15, 0.2) is 5.58 Å². The van der Waals surface area contributed by atoms with Crippen molar-refractivity contribution in [2.24, 2.45) is 0 Å². The minimum atomic E-state index is -0.712. The van der Waals surface area contributed by atoms with Crippen molar-refractivity contribution in [2.45, 2.75) is 19.5 Å². The number of hydrogen-bond acceptors (Lipinski definition) is 4. The van der Waals surface area contributed by atoms with Crippen molar-refractivity contribution in [3.63, 3.8) is 0 Å². The monoisotopic (exact) mass is 367 g/mol. The third kappa shape index (κ3) is 3.76. The first-order valence-corrected chi connectivity index (χ1v) is 8.57. The molecule has 7 nitrogen and oxygen atoms in total. The van der Waals surface area contributed by atoms with E-state index in [4.69, 9.17) is 4.42 Å². The first kappa shape index (κ1) is 18.4. The SMILES string of the molecule is CC(C(=O)NCc1ccc(C(=O)N(C)C)cc1)n1c(=O)oc2ccccc21. The average Bonchev–Trinajstić information content (AvgIpc) is 3.00. The molecule has 0 aliphatic carbocycles. The zero-order valence-corrected chi connectivity index (χ0v) is 15.4. The van der Waals surface area contributed by atoms with Gasteiger partial charge in [-0.25, -0.2) is 4.79 Å². The molecule has 140 valence electrons. The number of para-hydroxylation sites is 2. The standard InChI is InChI=1S/C20H21N3O4/c1-13(23-16-6-4-5-7-17(16)27-20(23)26)18(24)21-12-14-8-10-15(11-9-14)19(25)22(2)3/h4-11,13H,12H2,1-3H3,(H,21,24). The number of hydrogen-bond donors (Lipinski definition) is 1. The number of rotatable bonds is 5. The van der Waals surface area contributed by atoms with Crippen molar-refractivity contribution in [1.82, 2.24) is 14.8 Å². The molecule has 0 bridgehead atoms. The van der Waals surface area contributed by atoms with E-state index in [-0.39, 0.29) is 11.8 Å². The second-order valence-corrected chi connectivity index (χ2v) is 6.50. The topological polar surface area (TPSA) is 84.5 Å². The molecule has 0 saturated heterocycles. The molecule has 2 aromatic carbocycles. The molecular weight excluding hydrogens is 346 g/mol. The number of carbonyl (C=O) groups excluding carboxylic acids is 2. The lowest BCUT2D eigenvalue weighted by Crippen LogP contribution is -2.34. The smallest absolute Gasteiger partial charge is 0.408 e. The molecule has 7 heteroatoms. The number of aromatic nitrogens is 1. The van der Waals surface area contributed by atoms with Gasteiger partial charge in [-0.05, 0) is 36.8 Å². The number of fused-ring (bicyclic) bond motifs is 1. The molecule has 0 aliphatic rings. The van der Waals surface area contributed by atoms with Crippen LogP contribution in [0.25, 0.3) is 11.1 Å². The average molecular weight is 367 g/mol. The maximum atomic E-state index is 12.5. The quantitative estimate of drug-likeness (QED) is 0.749. The summed E-state index contributed by atoms with van der Waals surface area (Å²) in [5.41, 5.74) is 2.47. The Bertz CT molecular complexity index is 1030. The van der Waals surface area contributed by atoms with Crippen LogP contribution in [0.3, 0.4) is 0 Å². The highest BCUT2D eigenvalue weighted by Gasteiger charge is 2.21. The second-order valence-electron chi connectivity index (χ2n) is 6.50. The van der Waals surface area contributed by atoms with Crippen molar-refractivity contribution >= 4 is 22.9 Å². The highest BCUT2D eigenvalue weighted by molar-refractivity contribution is 5.93. The van der Waals surface area contributed by atoms with Gasteiger partial charge in [0, 0.05) is 26.2 Å². The van der Waals surface area contributed by atoms with E-state index >= 15 is 0 Å². The van der Waals surface area contributed by atoms with Crippen LogP contribution in [0, 0.1) is 0 Å². The van der Waals surface area contributed by atoms with Gasteiger partial charge in [-0.15, -0.1) is 0 Å². The van der Waals surface area contributed by atoms with Crippen LogP contribution in [0.5, 0.6) is 0 Å². The van der Waals surface area contributed by atoms with Gasteiger partial charge in [-0.3, -0.25) is 14.2 Å². The van der Waals surface area contributed by atoms with Crippen molar-refractivity contribution in [3.8, 4) is 0 Å². The number of nitrogens with one attached hydrogen (secondary N) is 1. The van der Waals surface area contributed by atoms with Gasteiger partial charge in [0.05, 0.1) is 5.52 Å². The highest BCUT2D eigenvalue weighted by Crippen LogP contribution is 2.16. The molecule has 1 aromatic heterocycles. The molecular formula is C20H21N3O4. The third-order valence-corrected chi connectivity index (χ3v) is 4.36. The van der Waals surface area contributed by atoms with Crippen LogP contribution < -0.4 is 11.1 Å². The van der Waals surface area contributed by atoms with Crippen LogP contribution in [0.15, 0.2) is 57.7 Å². The summed E-state index contributed by atoms with van der Waals surface area (Å²) >= 11 is 0. The number of amides is 2. The van der Waals surface area contributed by atoms with Crippen LogP contribution in [0.2, 0.25) is 0 Å². The Morgan fingerprint density at radius 1 is 1.11 bits per heavy atom. The van der Waals surface area contributed by atoms with E-state index in [0.29, 0.717) is 23.2 Å². The highest BCUT2D eigenvalue weighted by atomic mass is 16.4. The maximum Gasteiger partial charge on any atom is 0.420 e. The summed E-state index contributed by atoms with van der Waals surface area (Å²) in [6.45, 7) is 1.95. The van der Waals surface area contributed by atoms with Crippen molar-refractivity contribution in [3.05, 3.63) is 70.2 Å². The molecule has 1 N–H and O–H groups in total. The molecule has 0 spiro atoms. The first-order chi connectivity index (χ1) is 12.9. The van der Waals surface area contributed by atoms with E-state index in [2.05, 4.69) is 5.32 Å². The Morgan fingerprint density at radius 2 is 1.78 bits per heavy atom. The summed E-state index contributed by atoms with van der Waals surface area (Å²) < 4.78 is 6.52. The molecule has 0 fully saturated rings. The molecule has 0 saturated carbocycles. The fourth-order valence-corrected chi connectivity index (χ4v) is 2.83. The molecule has 3 rings (SSSR count). The largest absolute Gasteiger partial charge is 0.420 e. The first-order valence-electron chi connectivity index (χ1n) is 8.57. The molecule has 27 heavy (non-hydrogen) atoms. The lowest BCUT2D eigenvalue weighted by molar-refractivity contribution is -0.124.